The topological polar surface area (TPSA) is 76.1 Å². The Bertz CT molecular complexity index is 846. The maximum atomic E-state index is 12.3. The highest BCUT2D eigenvalue weighted by Gasteiger charge is 2.29. The molecule has 0 saturated carbocycles. The minimum Gasteiger partial charge on any atom is -0.325 e. The highest BCUT2D eigenvalue weighted by Crippen LogP contribution is 2.26. The number of sulfone groups is 1. The van der Waals surface area contributed by atoms with Crippen molar-refractivity contribution in [3.05, 3.63) is 36.0 Å². The molecule has 3 rings (SSSR count). The van der Waals surface area contributed by atoms with Crippen molar-refractivity contribution in [1.29, 1.82) is 0 Å². The number of nitrogens with one attached hydrogen (secondary N) is 1. The normalized spacial score (nSPS) is 19.8. The van der Waals surface area contributed by atoms with Gasteiger partial charge < -0.3 is 5.32 Å². The summed E-state index contributed by atoms with van der Waals surface area (Å²) in [5.74, 6) is 0.116. The summed E-state index contributed by atoms with van der Waals surface area (Å²) in [7, 11) is -2.95. The minimum atomic E-state index is -2.95. The number of pyridine rings is 1. The largest absolute Gasteiger partial charge is 0.325 e. The van der Waals surface area contributed by atoms with Crippen LogP contribution in [0.1, 0.15) is 25.5 Å². The number of amides is 1. The first kappa shape index (κ1) is 15.9. The van der Waals surface area contributed by atoms with E-state index < -0.39 is 9.84 Å². The van der Waals surface area contributed by atoms with E-state index in [-0.39, 0.29) is 29.8 Å². The molecule has 1 fully saturated rings. The summed E-state index contributed by atoms with van der Waals surface area (Å²) in [5, 5.41) is 3.84. The molecule has 5 nitrogen and oxygen atoms in total. The number of aryl methyl sites for hydroxylation is 1. The van der Waals surface area contributed by atoms with E-state index in [0.717, 1.165) is 28.7 Å². The van der Waals surface area contributed by atoms with Crippen LogP contribution in [0.15, 0.2) is 30.3 Å². The SMILES string of the molecule is CCc1cc(NC(=O)C[C@@H]2CCS(=O)(=O)C2)c2ccccc2n1. The Balaban J connectivity index is 1.79. The van der Waals surface area contributed by atoms with Crippen LogP contribution < -0.4 is 5.32 Å². The van der Waals surface area contributed by atoms with Crippen LogP contribution in [-0.4, -0.2) is 30.8 Å². The fourth-order valence-corrected chi connectivity index (χ4v) is 4.87. The molecule has 1 saturated heterocycles. The summed E-state index contributed by atoms with van der Waals surface area (Å²) >= 11 is 0. The molecular weight excluding hydrogens is 312 g/mol. The molecule has 1 aliphatic heterocycles. The van der Waals surface area contributed by atoms with Crippen molar-refractivity contribution < 1.29 is 13.2 Å². The van der Waals surface area contributed by atoms with E-state index in [0.29, 0.717) is 6.42 Å². The van der Waals surface area contributed by atoms with E-state index in [1.807, 2.05) is 37.3 Å². The molecule has 1 N–H and O–H groups in total. The first-order chi connectivity index (χ1) is 11.0. The Morgan fingerprint density at radius 2 is 2.13 bits per heavy atom. The molecule has 0 spiro atoms. The average molecular weight is 332 g/mol. The molecule has 0 radical (unpaired) electrons. The number of hydrogen-bond acceptors (Lipinski definition) is 4. The van der Waals surface area contributed by atoms with Crippen LogP contribution in [0.3, 0.4) is 0 Å². The van der Waals surface area contributed by atoms with Gasteiger partial charge in [0.2, 0.25) is 5.91 Å². The highest BCUT2D eigenvalue weighted by atomic mass is 32.2. The first-order valence-corrected chi connectivity index (χ1v) is 9.68. The van der Waals surface area contributed by atoms with Crippen LogP contribution >= 0.6 is 0 Å². The summed E-state index contributed by atoms with van der Waals surface area (Å²) in [5.41, 5.74) is 2.52. The number of fused-ring (bicyclic) bond motifs is 1. The lowest BCUT2D eigenvalue weighted by Crippen LogP contribution is -2.17. The molecule has 1 amide bonds. The Labute approximate surface area is 136 Å². The molecule has 2 heterocycles. The standard InChI is InChI=1S/C17H20N2O3S/c1-2-13-10-16(14-5-3-4-6-15(14)18-13)19-17(20)9-12-7-8-23(21,22)11-12/h3-6,10,12H,2,7-9,11H2,1H3,(H,18,19,20)/t12-/m0/s1. The number of aromatic nitrogens is 1. The first-order valence-electron chi connectivity index (χ1n) is 7.86. The lowest BCUT2D eigenvalue weighted by atomic mass is 10.0. The fourth-order valence-electron chi connectivity index (χ4n) is 3.01. The van der Waals surface area contributed by atoms with Gasteiger partial charge in [-0.1, -0.05) is 25.1 Å². The number of benzene rings is 1. The summed E-state index contributed by atoms with van der Waals surface area (Å²) < 4.78 is 23.0. The second-order valence-corrected chi connectivity index (χ2v) is 8.28. The van der Waals surface area contributed by atoms with Gasteiger partial charge in [0.1, 0.15) is 0 Å². The maximum absolute atomic E-state index is 12.3. The third-order valence-corrected chi connectivity index (χ3v) is 6.04. The Hall–Kier alpha value is -1.95. The second-order valence-electron chi connectivity index (χ2n) is 6.05. The Kier molecular flexibility index (Phi) is 4.35. The van der Waals surface area contributed by atoms with Crippen LogP contribution in [-0.2, 0) is 21.1 Å². The molecule has 2 aromatic rings. The summed E-state index contributed by atoms with van der Waals surface area (Å²) in [4.78, 5) is 16.8. The molecule has 0 aliphatic carbocycles. The molecule has 0 bridgehead atoms. The molecule has 6 heteroatoms. The van der Waals surface area contributed by atoms with E-state index in [9.17, 15) is 13.2 Å². The predicted octanol–water partition coefficient (Wildman–Crippen LogP) is 2.56. The Morgan fingerprint density at radius 1 is 1.35 bits per heavy atom. The second kappa shape index (κ2) is 6.28. The number of para-hydroxylation sites is 1. The van der Waals surface area contributed by atoms with E-state index in [1.165, 1.54) is 0 Å². The summed E-state index contributed by atoms with van der Waals surface area (Å²) in [6.07, 6.45) is 1.61. The van der Waals surface area contributed by atoms with Gasteiger partial charge in [0.15, 0.2) is 9.84 Å². The van der Waals surface area contributed by atoms with Gasteiger partial charge in [0.25, 0.3) is 0 Å². The lowest BCUT2D eigenvalue weighted by Gasteiger charge is -2.12. The molecule has 1 aromatic heterocycles. The van der Waals surface area contributed by atoms with Crippen molar-refractivity contribution in [2.75, 3.05) is 16.8 Å². The Morgan fingerprint density at radius 3 is 2.83 bits per heavy atom. The highest BCUT2D eigenvalue weighted by molar-refractivity contribution is 7.91. The number of carbonyl (C=O) groups excluding carboxylic acids is 1. The average Bonchev–Trinajstić information content (AvgIpc) is 2.85. The van der Waals surface area contributed by atoms with Crippen LogP contribution in [0.4, 0.5) is 5.69 Å². The monoisotopic (exact) mass is 332 g/mol. The number of carbonyl (C=O) groups is 1. The minimum absolute atomic E-state index is 0.0706. The van der Waals surface area contributed by atoms with Crippen LogP contribution in [0.5, 0.6) is 0 Å². The van der Waals surface area contributed by atoms with E-state index >= 15 is 0 Å². The van der Waals surface area contributed by atoms with Crippen LogP contribution in [0, 0.1) is 5.92 Å². The maximum Gasteiger partial charge on any atom is 0.224 e. The molecular formula is C17H20N2O3S. The number of rotatable bonds is 4. The van der Waals surface area contributed by atoms with Crippen molar-refractivity contribution in [2.45, 2.75) is 26.2 Å². The zero-order valence-corrected chi connectivity index (χ0v) is 13.9. The van der Waals surface area contributed by atoms with Gasteiger partial charge in [-0.3, -0.25) is 9.78 Å². The summed E-state index contributed by atoms with van der Waals surface area (Å²) in [6, 6.07) is 9.58. The van der Waals surface area contributed by atoms with Gasteiger partial charge in [-0.2, -0.15) is 0 Å². The van der Waals surface area contributed by atoms with Crippen molar-refractivity contribution in [2.24, 2.45) is 5.92 Å². The van der Waals surface area contributed by atoms with E-state index in [2.05, 4.69) is 10.3 Å². The lowest BCUT2D eigenvalue weighted by molar-refractivity contribution is -0.116. The molecule has 0 unspecified atom stereocenters. The predicted molar refractivity (Wildman–Crippen MR) is 91.1 cm³/mol. The molecule has 1 aromatic carbocycles. The van der Waals surface area contributed by atoms with E-state index in [1.54, 1.807) is 0 Å². The molecule has 23 heavy (non-hydrogen) atoms. The van der Waals surface area contributed by atoms with E-state index in [4.69, 9.17) is 0 Å². The molecule has 122 valence electrons. The number of nitrogens with zero attached hydrogens (tertiary/aromatic N) is 1. The van der Waals surface area contributed by atoms with Crippen molar-refractivity contribution >= 4 is 32.3 Å². The van der Waals surface area contributed by atoms with Gasteiger partial charge >= 0.3 is 0 Å². The fraction of sp³-hybridized carbons (Fsp3) is 0.412. The van der Waals surface area contributed by atoms with Crippen molar-refractivity contribution in [3.63, 3.8) is 0 Å². The quantitative estimate of drug-likeness (QED) is 0.933. The van der Waals surface area contributed by atoms with Crippen LogP contribution in [0.2, 0.25) is 0 Å². The number of anilines is 1. The van der Waals surface area contributed by atoms with Gasteiger partial charge in [-0.15, -0.1) is 0 Å². The third-order valence-electron chi connectivity index (χ3n) is 4.21. The summed E-state index contributed by atoms with van der Waals surface area (Å²) in [6.45, 7) is 2.02. The van der Waals surface area contributed by atoms with Gasteiger partial charge in [-0.25, -0.2) is 8.42 Å². The molecule has 1 atom stereocenters. The van der Waals surface area contributed by atoms with Crippen molar-refractivity contribution in [1.82, 2.24) is 4.98 Å². The molecule has 1 aliphatic rings. The number of hydrogen-bond donors (Lipinski definition) is 1. The third kappa shape index (κ3) is 3.69. The zero-order valence-electron chi connectivity index (χ0n) is 13.1. The van der Waals surface area contributed by atoms with Gasteiger partial charge in [0.05, 0.1) is 22.7 Å². The smallest absolute Gasteiger partial charge is 0.224 e. The van der Waals surface area contributed by atoms with Gasteiger partial charge in [0, 0.05) is 17.5 Å². The zero-order chi connectivity index (χ0) is 16.4. The van der Waals surface area contributed by atoms with Gasteiger partial charge in [-0.05, 0) is 30.9 Å². The van der Waals surface area contributed by atoms with Crippen molar-refractivity contribution in [3.8, 4) is 0 Å². The van der Waals surface area contributed by atoms with Crippen LogP contribution in [0.25, 0.3) is 10.9 Å².